The molecule has 1 aliphatic rings. The van der Waals surface area contributed by atoms with E-state index in [1.54, 1.807) is 0 Å². The fourth-order valence-corrected chi connectivity index (χ4v) is 2.03. The van der Waals surface area contributed by atoms with Gasteiger partial charge >= 0.3 is 18.2 Å². The van der Waals surface area contributed by atoms with Crippen LogP contribution in [0.3, 0.4) is 0 Å². The molecule has 0 saturated carbocycles. The van der Waals surface area contributed by atoms with Crippen molar-refractivity contribution in [3.63, 3.8) is 0 Å². The van der Waals surface area contributed by atoms with Crippen molar-refractivity contribution >= 4 is 12.0 Å². The Morgan fingerprint density at radius 1 is 1.40 bits per heavy atom. The predicted octanol–water partition coefficient (Wildman–Crippen LogP) is 1.64. The van der Waals surface area contributed by atoms with Crippen LogP contribution in [0.2, 0.25) is 0 Å². The summed E-state index contributed by atoms with van der Waals surface area (Å²) in [6, 6.07) is -1.04. The fourth-order valence-electron chi connectivity index (χ4n) is 2.03. The third-order valence-electron chi connectivity index (χ3n) is 3.23. The van der Waals surface area contributed by atoms with Crippen LogP contribution in [0.5, 0.6) is 0 Å². The third kappa shape index (κ3) is 2.93. The minimum Gasteiger partial charge on any atom is -0.481 e. The first kappa shape index (κ1) is 16.4. The van der Waals surface area contributed by atoms with Gasteiger partial charge in [0.2, 0.25) is 0 Å². The van der Waals surface area contributed by atoms with E-state index in [2.05, 4.69) is 0 Å². The second kappa shape index (κ2) is 5.41. The van der Waals surface area contributed by atoms with Crippen molar-refractivity contribution in [3.05, 3.63) is 0 Å². The van der Waals surface area contributed by atoms with Gasteiger partial charge in [-0.25, -0.2) is 13.6 Å². The van der Waals surface area contributed by atoms with E-state index in [-0.39, 0.29) is 0 Å². The van der Waals surface area contributed by atoms with Gasteiger partial charge in [0, 0.05) is 20.1 Å². The molecule has 0 radical (unpaired) electrons. The van der Waals surface area contributed by atoms with Crippen molar-refractivity contribution in [3.8, 4) is 0 Å². The Balaban J connectivity index is 2.85. The Kier molecular flexibility index (Phi) is 4.45. The normalized spacial score (nSPS) is 23.2. The van der Waals surface area contributed by atoms with Gasteiger partial charge in [0.05, 0.1) is 6.54 Å². The van der Waals surface area contributed by atoms with E-state index in [0.29, 0.717) is 9.80 Å². The van der Waals surface area contributed by atoms with E-state index in [1.165, 1.54) is 0 Å². The minimum absolute atomic E-state index is 0.446. The Bertz CT molecular complexity index is 401. The smallest absolute Gasteiger partial charge is 0.406 e. The number of alkyl halides is 5. The van der Waals surface area contributed by atoms with Crippen molar-refractivity contribution in [2.75, 3.05) is 26.7 Å². The maximum atomic E-state index is 12.9. The number of halogens is 5. The maximum absolute atomic E-state index is 12.9. The van der Waals surface area contributed by atoms with Gasteiger partial charge in [-0.15, -0.1) is 0 Å². The number of carbonyl (C=O) groups is 2. The van der Waals surface area contributed by atoms with Crippen LogP contribution in [0.25, 0.3) is 0 Å². The number of urea groups is 1. The number of nitrogens with zero attached hydrogens (tertiary/aromatic N) is 2. The van der Waals surface area contributed by atoms with Gasteiger partial charge in [0.15, 0.2) is 5.41 Å². The lowest BCUT2D eigenvalue weighted by atomic mass is 9.86. The van der Waals surface area contributed by atoms with Crippen LogP contribution in [-0.4, -0.2) is 66.2 Å². The molecule has 1 unspecified atom stereocenters. The van der Waals surface area contributed by atoms with E-state index < -0.39 is 56.1 Å². The number of likely N-dealkylation sites (tertiary alicyclic amines) is 1. The molecule has 0 spiro atoms. The highest BCUT2D eigenvalue weighted by Gasteiger charge is 2.64. The first-order chi connectivity index (χ1) is 9.01. The predicted molar refractivity (Wildman–Crippen MR) is 56.3 cm³/mol. The molecule has 116 valence electrons. The van der Waals surface area contributed by atoms with Gasteiger partial charge in [-0.3, -0.25) is 4.79 Å². The number of aliphatic carboxylic acids is 1. The summed E-state index contributed by atoms with van der Waals surface area (Å²) in [7, 11) is 1.02. The molecule has 1 atom stereocenters. The number of hydrogen-bond acceptors (Lipinski definition) is 2. The average molecular weight is 304 g/mol. The summed E-state index contributed by atoms with van der Waals surface area (Å²) in [4.78, 5) is 23.8. The number of rotatable bonds is 3. The molecule has 5 nitrogen and oxygen atoms in total. The zero-order chi connectivity index (χ0) is 15.7. The van der Waals surface area contributed by atoms with Crippen LogP contribution in [0, 0.1) is 5.41 Å². The Hall–Kier alpha value is -1.61. The Morgan fingerprint density at radius 2 is 1.95 bits per heavy atom. The number of amides is 2. The minimum atomic E-state index is -5.02. The lowest BCUT2D eigenvalue weighted by molar-refractivity contribution is -0.227. The highest BCUT2D eigenvalue weighted by Crippen LogP contribution is 2.45. The number of hydrogen-bond donors (Lipinski definition) is 1. The quantitative estimate of drug-likeness (QED) is 0.806. The summed E-state index contributed by atoms with van der Waals surface area (Å²) < 4.78 is 62.8. The van der Waals surface area contributed by atoms with Crippen LogP contribution in [0.1, 0.15) is 6.42 Å². The van der Waals surface area contributed by atoms with Crippen molar-refractivity contribution in [2.45, 2.75) is 19.0 Å². The molecule has 1 heterocycles. The summed E-state index contributed by atoms with van der Waals surface area (Å²) in [5.41, 5.74) is -3.03. The highest BCUT2D eigenvalue weighted by atomic mass is 19.4. The molecule has 1 saturated heterocycles. The molecular formula is C10H13F5N2O3. The molecule has 0 aromatic heterocycles. The van der Waals surface area contributed by atoms with Crippen molar-refractivity contribution in [1.82, 2.24) is 9.80 Å². The number of carbonyl (C=O) groups excluding carboxylic acids is 1. The molecule has 2 amide bonds. The standard InChI is InChI=1S/C10H13F5N2O3/c1-16(4-6(11)12)8(20)17-3-2-9(5-17,7(18)19)10(13,14)15/h6H,2-5H2,1H3,(H,18,19). The molecule has 0 aliphatic carbocycles. The second-order valence-electron chi connectivity index (χ2n) is 4.61. The second-order valence-corrected chi connectivity index (χ2v) is 4.61. The van der Waals surface area contributed by atoms with Gasteiger partial charge in [0.25, 0.3) is 6.43 Å². The SMILES string of the molecule is CN(CC(F)F)C(=O)N1CCC(C(=O)O)(C(F)(F)F)C1. The van der Waals surface area contributed by atoms with Gasteiger partial charge in [-0.2, -0.15) is 13.2 Å². The largest absolute Gasteiger partial charge is 0.481 e. The molecule has 0 aromatic carbocycles. The lowest BCUT2D eigenvalue weighted by Crippen LogP contribution is -2.49. The van der Waals surface area contributed by atoms with Crippen LogP contribution in [-0.2, 0) is 4.79 Å². The van der Waals surface area contributed by atoms with Gasteiger partial charge in [0.1, 0.15) is 0 Å². The summed E-state index contributed by atoms with van der Waals surface area (Å²) in [6.07, 6.45) is -8.63. The average Bonchev–Trinajstić information content (AvgIpc) is 2.72. The van der Waals surface area contributed by atoms with E-state index in [4.69, 9.17) is 5.11 Å². The van der Waals surface area contributed by atoms with E-state index >= 15 is 0 Å². The zero-order valence-corrected chi connectivity index (χ0v) is 10.5. The van der Waals surface area contributed by atoms with Crippen molar-refractivity contribution in [1.29, 1.82) is 0 Å². The molecule has 0 bridgehead atoms. The first-order valence-electron chi connectivity index (χ1n) is 5.59. The molecule has 1 N–H and O–H groups in total. The summed E-state index contributed by atoms with van der Waals surface area (Å²) >= 11 is 0. The zero-order valence-electron chi connectivity index (χ0n) is 10.5. The summed E-state index contributed by atoms with van der Waals surface area (Å²) in [5.74, 6) is -2.07. The van der Waals surface area contributed by atoms with Gasteiger partial charge in [-0.1, -0.05) is 0 Å². The molecular weight excluding hydrogens is 291 g/mol. The Labute approximate surface area is 110 Å². The van der Waals surface area contributed by atoms with Crippen molar-refractivity contribution < 1.29 is 36.6 Å². The first-order valence-corrected chi connectivity index (χ1v) is 5.59. The summed E-state index contributed by atoms with van der Waals surface area (Å²) in [6.45, 7) is -2.45. The molecule has 20 heavy (non-hydrogen) atoms. The maximum Gasteiger partial charge on any atom is 0.406 e. The molecule has 1 aliphatic heterocycles. The van der Waals surface area contributed by atoms with Crippen LogP contribution in [0.15, 0.2) is 0 Å². The van der Waals surface area contributed by atoms with E-state index in [0.717, 1.165) is 7.05 Å². The van der Waals surface area contributed by atoms with Crippen LogP contribution < -0.4 is 0 Å². The van der Waals surface area contributed by atoms with Gasteiger partial charge in [-0.05, 0) is 6.42 Å². The monoisotopic (exact) mass is 304 g/mol. The van der Waals surface area contributed by atoms with Crippen molar-refractivity contribution in [2.24, 2.45) is 5.41 Å². The molecule has 1 fully saturated rings. The molecule has 0 aromatic rings. The summed E-state index contributed by atoms with van der Waals surface area (Å²) in [5, 5.41) is 8.79. The fraction of sp³-hybridized carbons (Fsp3) is 0.800. The Morgan fingerprint density at radius 3 is 2.30 bits per heavy atom. The highest BCUT2D eigenvalue weighted by molar-refractivity contribution is 5.80. The third-order valence-corrected chi connectivity index (χ3v) is 3.23. The van der Waals surface area contributed by atoms with E-state index in [9.17, 15) is 31.5 Å². The van der Waals surface area contributed by atoms with Crippen LogP contribution in [0.4, 0.5) is 26.7 Å². The number of carboxylic acid groups (broad SMARTS) is 1. The topological polar surface area (TPSA) is 60.9 Å². The number of carboxylic acids is 1. The van der Waals surface area contributed by atoms with E-state index in [1.807, 2.05) is 0 Å². The molecule has 1 rings (SSSR count). The molecule has 10 heteroatoms. The van der Waals surface area contributed by atoms with Gasteiger partial charge < -0.3 is 14.9 Å². The van der Waals surface area contributed by atoms with Crippen LogP contribution >= 0.6 is 0 Å². The lowest BCUT2D eigenvalue weighted by Gasteiger charge is -2.28.